The molecule has 0 spiro atoms. The third-order valence-corrected chi connectivity index (χ3v) is 4.83. The minimum Gasteiger partial charge on any atom is -0.380 e. The van der Waals surface area contributed by atoms with Gasteiger partial charge >= 0.3 is 0 Å². The third kappa shape index (κ3) is 3.01. The Morgan fingerprint density at radius 1 is 1.12 bits per heavy atom. The summed E-state index contributed by atoms with van der Waals surface area (Å²) in [5.41, 5.74) is 0. The topological polar surface area (TPSA) is 24.5 Å². The fourth-order valence-corrected chi connectivity index (χ4v) is 3.45. The van der Waals surface area contributed by atoms with Crippen LogP contribution in [-0.4, -0.2) is 49.8 Å². The Hall–Kier alpha value is -0.120. The van der Waals surface area contributed by atoms with Crippen molar-refractivity contribution in [1.29, 1.82) is 0 Å². The van der Waals surface area contributed by atoms with Gasteiger partial charge in [0.1, 0.15) is 0 Å². The lowest BCUT2D eigenvalue weighted by Gasteiger charge is -2.36. The first-order chi connectivity index (χ1) is 8.33. The molecule has 0 aromatic rings. The number of rotatable bonds is 6. The average Bonchev–Trinajstić information content (AvgIpc) is 3.10. The molecule has 2 saturated heterocycles. The fourth-order valence-electron chi connectivity index (χ4n) is 3.45. The van der Waals surface area contributed by atoms with Gasteiger partial charge in [-0.3, -0.25) is 0 Å². The van der Waals surface area contributed by atoms with Gasteiger partial charge in [-0.05, 0) is 51.5 Å². The predicted molar refractivity (Wildman–Crippen MR) is 69.1 cm³/mol. The molecule has 2 heterocycles. The van der Waals surface area contributed by atoms with E-state index in [4.69, 9.17) is 4.74 Å². The summed E-state index contributed by atoms with van der Waals surface area (Å²) in [6.07, 6.45) is 8.30. The van der Waals surface area contributed by atoms with Crippen LogP contribution >= 0.6 is 0 Å². The van der Waals surface area contributed by atoms with Gasteiger partial charge in [0.25, 0.3) is 0 Å². The van der Waals surface area contributed by atoms with Crippen LogP contribution in [0.4, 0.5) is 0 Å². The van der Waals surface area contributed by atoms with Gasteiger partial charge in [0, 0.05) is 31.3 Å². The molecule has 2 atom stereocenters. The van der Waals surface area contributed by atoms with Crippen LogP contribution in [0.3, 0.4) is 0 Å². The lowest BCUT2D eigenvalue weighted by molar-refractivity contribution is 0.112. The van der Waals surface area contributed by atoms with Crippen molar-refractivity contribution in [3.8, 4) is 0 Å². The molecule has 3 heteroatoms. The van der Waals surface area contributed by atoms with Crippen molar-refractivity contribution in [2.75, 3.05) is 26.8 Å². The largest absolute Gasteiger partial charge is 0.380 e. The highest BCUT2D eigenvalue weighted by molar-refractivity contribution is 4.95. The number of nitrogens with one attached hydrogen (secondary N) is 1. The molecule has 2 aliphatic heterocycles. The number of piperidine rings is 1. The van der Waals surface area contributed by atoms with Crippen LogP contribution in [0, 0.1) is 5.92 Å². The Bertz CT molecular complexity index is 241. The third-order valence-electron chi connectivity index (χ3n) is 4.83. The van der Waals surface area contributed by atoms with Crippen LogP contribution in [0.1, 0.15) is 38.5 Å². The molecule has 3 nitrogen and oxygen atoms in total. The number of hydrogen-bond acceptors (Lipinski definition) is 3. The van der Waals surface area contributed by atoms with Gasteiger partial charge in [-0.15, -0.1) is 0 Å². The summed E-state index contributed by atoms with van der Waals surface area (Å²) in [6, 6.07) is 2.44. The summed E-state index contributed by atoms with van der Waals surface area (Å²) < 4.78 is 5.67. The smallest absolute Gasteiger partial charge is 0.0591 e. The van der Waals surface area contributed by atoms with Gasteiger partial charge in [0.15, 0.2) is 0 Å². The number of nitrogens with zero attached hydrogens (tertiary/aromatic N) is 1. The summed E-state index contributed by atoms with van der Waals surface area (Å²) >= 11 is 0. The van der Waals surface area contributed by atoms with E-state index in [1.807, 2.05) is 0 Å². The molecular formula is C14H26N2O. The van der Waals surface area contributed by atoms with Crippen LogP contribution in [0.25, 0.3) is 0 Å². The normalized spacial score (nSPS) is 37.6. The van der Waals surface area contributed by atoms with Crippen molar-refractivity contribution in [1.82, 2.24) is 10.2 Å². The molecule has 2 bridgehead atoms. The van der Waals surface area contributed by atoms with Crippen molar-refractivity contribution in [2.24, 2.45) is 5.92 Å². The quantitative estimate of drug-likeness (QED) is 0.712. The maximum atomic E-state index is 5.67. The molecule has 1 aliphatic carbocycles. The minimum absolute atomic E-state index is 0.744. The molecule has 3 rings (SSSR count). The van der Waals surface area contributed by atoms with Crippen LogP contribution < -0.4 is 5.32 Å². The Kier molecular flexibility index (Phi) is 3.69. The van der Waals surface area contributed by atoms with Crippen molar-refractivity contribution in [2.45, 2.75) is 56.7 Å². The van der Waals surface area contributed by atoms with Crippen molar-refractivity contribution in [3.63, 3.8) is 0 Å². The van der Waals surface area contributed by atoms with Gasteiger partial charge in [-0.2, -0.15) is 0 Å². The SMILES string of the molecule is CN1C2CCC1CC(NCCOCC1CC1)C2. The van der Waals surface area contributed by atoms with Crippen molar-refractivity contribution in [3.05, 3.63) is 0 Å². The first kappa shape index (κ1) is 11.9. The van der Waals surface area contributed by atoms with Gasteiger partial charge in [0.2, 0.25) is 0 Å². The highest BCUT2D eigenvalue weighted by Crippen LogP contribution is 2.34. The second-order valence-corrected chi connectivity index (χ2v) is 6.19. The second-order valence-electron chi connectivity index (χ2n) is 6.19. The number of fused-ring (bicyclic) bond motifs is 2. The van der Waals surface area contributed by atoms with Crippen molar-refractivity contribution >= 4 is 0 Å². The van der Waals surface area contributed by atoms with E-state index in [0.717, 1.165) is 43.8 Å². The molecular weight excluding hydrogens is 212 g/mol. The molecule has 0 aromatic carbocycles. The molecule has 3 fully saturated rings. The van der Waals surface area contributed by atoms with E-state index < -0.39 is 0 Å². The molecule has 0 aromatic heterocycles. The van der Waals surface area contributed by atoms with E-state index in [1.165, 1.54) is 38.5 Å². The number of ether oxygens (including phenoxy) is 1. The zero-order chi connectivity index (χ0) is 11.7. The maximum Gasteiger partial charge on any atom is 0.0591 e. The number of hydrogen-bond donors (Lipinski definition) is 1. The monoisotopic (exact) mass is 238 g/mol. The van der Waals surface area contributed by atoms with E-state index in [2.05, 4.69) is 17.3 Å². The van der Waals surface area contributed by atoms with Gasteiger partial charge in [-0.25, -0.2) is 0 Å². The average molecular weight is 238 g/mol. The molecule has 3 aliphatic rings. The zero-order valence-electron chi connectivity index (χ0n) is 11.0. The second kappa shape index (κ2) is 5.25. The standard InChI is InChI=1S/C14H26N2O/c1-16-13-4-5-14(16)9-12(8-13)15-6-7-17-10-11-2-3-11/h11-15H,2-10H2,1H3. The highest BCUT2D eigenvalue weighted by atomic mass is 16.5. The lowest BCUT2D eigenvalue weighted by Crippen LogP contribution is -2.47. The predicted octanol–water partition coefficient (Wildman–Crippen LogP) is 1.63. The summed E-state index contributed by atoms with van der Waals surface area (Å²) in [4.78, 5) is 2.60. The van der Waals surface area contributed by atoms with Gasteiger partial charge < -0.3 is 15.0 Å². The van der Waals surface area contributed by atoms with E-state index in [-0.39, 0.29) is 0 Å². The molecule has 1 N–H and O–H groups in total. The Morgan fingerprint density at radius 2 is 1.82 bits per heavy atom. The fraction of sp³-hybridized carbons (Fsp3) is 1.00. The highest BCUT2D eigenvalue weighted by Gasteiger charge is 2.37. The van der Waals surface area contributed by atoms with E-state index in [1.54, 1.807) is 0 Å². The maximum absolute atomic E-state index is 5.67. The molecule has 17 heavy (non-hydrogen) atoms. The Balaban J connectivity index is 1.30. The van der Waals surface area contributed by atoms with Crippen LogP contribution in [0.5, 0.6) is 0 Å². The summed E-state index contributed by atoms with van der Waals surface area (Å²) in [6.45, 7) is 2.94. The van der Waals surface area contributed by atoms with E-state index >= 15 is 0 Å². The lowest BCUT2D eigenvalue weighted by atomic mass is 9.98. The summed E-state index contributed by atoms with van der Waals surface area (Å²) in [5, 5.41) is 3.69. The minimum atomic E-state index is 0.744. The van der Waals surface area contributed by atoms with E-state index in [9.17, 15) is 0 Å². The molecule has 98 valence electrons. The zero-order valence-corrected chi connectivity index (χ0v) is 11.0. The summed E-state index contributed by atoms with van der Waals surface area (Å²) in [7, 11) is 2.30. The molecule has 2 unspecified atom stereocenters. The van der Waals surface area contributed by atoms with Gasteiger partial charge in [0.05, 0.1) is 6.61 Å². The molecule has 1 saturated carbocycles. The van der Waals surface area contributed by atoms with Gasteiger partial charge in [-0.1, -0.05) is 0 Å². The Morgan fingerprint density at radius 3 is 2.47 bits per heavy atom. The van der Waals surface area contributed by atoms with E-state index in [0.29, 0.717) is 0 Å². The molecule has 0 amide bonds. The van der Waals surface area contributed by atoms with Crippen molar-refractivity contribution < 1.29 is 4.74 Å². The summed E-state index contributed by atoms with van der Waals surface area (Å²) in [5.74, 6) is 0.897. The first-order valence-corrected chi connectivity index (χ1v) is 7.36. The van der Waals surface area contributed by atoms with Crippen LogP contribution in [0.15, 0.2) is 0 Å². The Labute approximate surface area is 105 Å². The van der Waals surface area contributed by atoms with Crippen LogP contribution in [0.2, 0.25) is 0 Å². The first-order valence-electron chi connectivity index (χ1n) is 7.36. The van der Waals surface area contributed by atoms with Crippen LogP contribution in [-0.2, 0) is 4.74 Å². The molecule has 0 radical (unpaired) electrons.